The van der Waals surface area contributed by atoms with Crippen LogP contribution in [0.2, 0.25) is 0 Å². The lowest BCUT2D eigenvalue weighted by Crippen LogP contribution is -2.47. The molecular formula is C13H26N2O2. The summed E-state index contributed by atoms with van der Waals surface area (Å²) in [5.74, 6) is 0. The first-order valence-corrected chi connectivity index (χ1v) is 6.63. The number of likely N-dealkylation sites (N-methyl/N-ethyl adjacent to an activating group) is 1. The minimum absolute atomic E-state index is 0.306. The van der Waals surface area contributed by atoms with Crippen molar-refractivity contribution in [3.63, 3.8) is 0 Å². The van der Waals surface area contributed by atoms with Crippen molar-refractivity contribution in [3.8, 4) is 0 Å². The highest BCUT2D eigenvalue weighted by molar-refractivity contribution is 5.67. The van der Waals surface area contributed by atoms with E-state index in [1.165, 1.54) is 19.3 Å². The molecule has 1 amide bonds. The molecule has 0 aromatic rings. The Bertz CT molecular complexity index is 248. The Morgan fingerprint density at radius 2 is 2.12 bits per heavy atom. The molecule has 4 heteroatoms. The molecular weight excluding hydrogens is 216 g/mol. The molecule has 0 radical (unpaired) electrons. The topological polar surface area (TPSA) is 41.6 Å². The van der Waals surface area contributed by atoms with Crippen molar-refractivity contribution >= 4 is 6.09 Å². The van der Waals surface area contributed by atoms with Crippen molar-refractivity contribution in [2.45, 2.75) is 58.6 Å². The van der Waals surface area contributed by atoms with Crippen LogP contribution < -0.4 is 5.32 Å². The number of rotatable bonds is 3. The standard InChI is InChI=1S/C13H26N2O2/c1-5-15-9-7-6-8-11(15)10-14-12(16)17-13(2,3)4/h11H,5-10H2,1-4H3,(H,14,16). The third kappa shape index (κ3) is 5.39. The van der Waals surface area contributed by atoms with Gasteiger partial charge in [0.1, 0.15) is 5.60 Å². The van der Waals surface area contributed by atoms with Crippen LogP contribution in [0, 0.1) is 0 Å². The van der Waals surface area contributed by atoms with Gasteiger partial charge in [0.2, 0.25) is 0 Å². The number of hydrogen-bond donors (Lipinski definition) is 1. The summed E-state index contributed by atoms with van der Waals surface area (Å²) in [7, 11) is 0. The number of likely N-dealkylation sites (tertiary alicyclic amines) is 1. The first-order valence-electron chi connectivity index (χ1n) is 6.63. The Kier molecular flexibility index (Phi) is 5.25. The molecule has 1 unspecified atom stereocenters. The van der Waals surface area contributed by atoms with Gasteiger partial charge in [-0.2, -0.15) is 0 Å². The third-order valence-corrected chi connectivity index (χ3v) is 3.04. The predicted molar refractivity (Wildman–Crippen MR) is 69.1 cm³/mol. The lowest BCUT2D eigenvalue weighted by atomic mass is 10.0. The molecule has 100 valence electrons. The Morgan fingerprint density at radius 1 is 1.41 bits per heavy atom. The van der Waals surface area contributed by atoms with Gasteiger partial charge in [0.05, 0.1) is 0 Å². The van der Waals surface area contributed by atoms with E-state index in [-0.39, 0.29) is 6.09 Å². The molecule has 0 spiro atoms. The first kappa shape index (κ1) is 14.3. The number of ether oxygens (including phenoxy) is 1. The summed E-state index contributed by atoms with van der Waals surface area (Å²) in [5.41, 5.74) is -0.416. The number of alkyl carbamates (subject to hydrolysis) is 1. The van der Waals surface area contributed by atoms with Crippen LogP contribution in [0.3, 0.4) is 0 Å². The van der Waals surface area contributed by atoms with Crippen LogP contribution in [0.1, 0.15) is 47.0 Å². The molecule has 0 saturated carbocycles. The molecule has 1 aliphatic rings. The van der Waals surface area contributed by atoms with E-state index < -0.39 is 5.60 Å². The summed E-state index contributed by atoms with van der Waals surface area (Å²) in [6, 6.07) is 0.473. The molecule has 0 bridgehead atoms. The highest BCUT2D eigenvalue weighted by atomic mass is 16.6. The lowest BCUT2D eigenvalue weighted by molar-refractivity contribution is 0.0497. The molecule has 1 saturated heterocycles. The maximum atomic E-state index is 11.5. The summed E-state index contributed by atoms with van der Waals surface area (Å²) in [5, 5.41) is 2.87. The smallest absolute Gasteiger partial charge is 0.407 e. The van der Waals surface area contributed by atoms with Gasteiger partial charge in [0.25, 0.3) is 0 Å². The number of carbonyl (C=O) groups excluding carboxylic acids is 1. The average Bonchev–Trinajstić information content (AvgIpc) is 2.24. The lowest BCUT2D eigenvalue weighted by Gasteiger charge is -2.35. The quantitative estimate of drug-likeness (QED) is 0.826. The van der Waals surface area contributed by atoms with Crippen LogP contribution in [0.4, 0.5) is 4.79 Å². The summed E-state index contributed by atoms with van der Waals surface area (Å²) in [6.45, 7) is 10.7. The number of amides is 1. The van der Waals surface area contributed by atoms with Gasteiger partial charge in [-0.1, -0.05) is 13.3 Å². The fraction of sp³-hybridized carbons (Fsp3) is 0.923. The van der Waals surface area contributed by atoms with Crippen molar-refractivity contribution < 1.29 is 9.53 Å². The maximum absolute atomic E-state index is 11.5. The summed E-state index contributed by atoms with van der Waals surface area (Å²) >= 11 is 0. The molecule has 4 nitrogen and oxygen atoms in total. The second kappa shape index (κ2) is 6.24. The molecule has 1 heterocycles. The van der Waals surface area contributed by atoms with Crippen molar-refractivity contribution in [3.05, 3.63) is 0 Å². The largest absolute Gasteiger partial charge is 0.444 e. The second-order valence-electron chi connectivity index (χ2n) is 5.66. The van der Waals surface area contributed by atoms with Gasteiger partial charge in [-0.05, 0) is 46.7 Å². The molecule has 17 heavy (non-hydrogen) atoms. The van der Waals surface area contributed by atoms with Crippen LogP contribution in [0.15, 0.2) is 0 Å². The van der Waals surface area contributed by atoms with E-state index in [4.69, 9.17) is 4.74 Å². The van der Waals surface area contributed by atoms with E-state index >= 15 is 0 Å². The highest BCUT2D eigenvalue weighted by Crippen LogP contribution is 2.16. The Morgan fingerprint density at radius 3 is 2.71 bits per heavy atom. The minimum atomic E-state index is -0.416. The van der Waals surface area contributed by atoms with E-state index in [0.29, 0.717) is 12.6 Å². The summed E-state index contributed by atoms with van der Waals surface area (Å²) in [4.78, 5) is 14.0. The maximum Gasteiger partial charge on any atom is 0.407 e. The Labute approximate surface area is 105 Å². The summed E-state index contributed by atoms with van der Waals surface area (Å²) < 4.78 is 5.23. The van der Waals surface area contributed by atoms with Crippen LogP contribution in [-0.4, -0.2) is 42.3 Å². The molecule has 1 rings (SSSR count). The minimum Gasteiger partial charge on any atom is -0.444 e. The van der Waals surface area contributed by atoms with E-state index in [0.717, 1.165) is 13.1 Å². The van der Waals surface area contributed by atoms with E-state index in [1.54, 1.807) is 0 Å². The van der Waals surface area contributed by atoms with Gasteiger partial charge in [0, 0.05) is 12.6 Å². The number of carbonyl (C=O) groups is 1. The zero-order chi connectivity index (χ0) is 12.9. The normalized spacial score (nSPS) is 22.2. The molecule has 1 N–H and O–H groups in total. The monoisotopic (exact) mass is 242 g/mol. The zero-order valence-corrected chi connectivity index (χ0v) is 11.6. The van der Waals surface area contributed by atoms with Crippen LogP contribution in [0.5, 0.6) is 0 Å². The SMILES string of the molecule is CCN1CCCCC1CNC(=O)OC(C)(C)C. The molecule has 1 fully saturated rings. The highest BCUT2D eigenvalue weighted by Gasteiger charge is 2.22. The Balaban J connectivity index is 2.31. The molecule has 1 atom stereocenters. The number of nitrogens with zero attached hydrogens (tertiary/aromatic N) is 1. The van der Waals surface area contributed by atoms with Gasteiger partial charge in [-0.3, -0.25) is 4.90 Å². The predicted octanol–water partition coefficient (Wildman–Crippen LogP) is 2.39. The molecule has 0 aromatic heterocycles. The first-order chi connectivity index (χ1) is 7.92. The molecule has 0 aliphatic carbocycles. The van der Waals surface area contributed by atoms with E-state index in [1.807, 2.05) is 20.8 Å². The zero-order valence-electron chi connectivity index (χ0n) is 11.6. The average molecular weight is 242 g/mol. The molecule has 1 aliphatic heterocycles. The van der Waals surface area contributed by atoms with Gasteiger partial charge < -0.3 is 10.1 Å². The number of nitrogens with one attached hydrogen (secondary N) is 1. The Hall–Kier alpha value is -0.770. The van der Waals surface area contributed by atoms with Gasteiger partial charge >= 0.3 is 6.09 Å². The van der Waals surface area contributed by atoms with Gasteiger partial charge in [-0.15, -0.1) is 0 Å². The fourth-order valence-corrected chi connectivity index (χ4v) is 2.22. The summed E-state index contributed by atoms with van der Waals surface area (Å²) in [6.07, 6.45) is 3.40. The van der Waals surface area contributed by atoms with Crippen molar-refractivity contribution in [2.75, 3.05) is 19.6 Å². The molecule has 0 aromatic carbocycles. The van der Waals surface area contributed by atoms with E-state index in [2.05, 4.69) is 17.1 Å². The third-order valence-electron chi connectivity index (χ3n) is 3.04. The fourth-order valence-electron chi connectivity index (χ4n) is 2.22. The van der Waals surface area contributed by atoms with Crippen molar-refractivity contribution in [2.24, 2.45) is 0 Å². The van der Waals surface area contributed by atoms with Crippen LogP contribution in [-0.2, 0) is 4.74 Å². The van der Waals surface area contributed by atoms with Crippen molar-refractivity contribution in [1.29, 1.82) is 0 Å². The van der Waals surface area contributed by atoms with Gasteiger partial charge in [0.15, 0.2) is 0 Å². The van der Waals surface area contributed by atoms with E-state index in [9.17, 15) is 4.79 Å². The number of piperidine rings is 1. The van der Waals surface area contributed by atoms with Crippen LogP contribution in [0.25, 0.3) is 0 Å². The van der Waals surface area contributed by atoms with Crippen LogP contribution >= 0.6 is 0 Å². The van der Waals surface area contributed by atoms with Crippen molar-refractivity contribution in [1.82, 2.24) is 10.2 Å². The van der Waals surface area contributed by atoms with Gasteiger partial charge in [-0.25, -0.2) is 4.79 Å². The second-order valence-corrected chi connectivity index (χ2v) is 5.66. The number of hydrogen-bond acceptors (Lipinski definition) is 3.